The first-order valence-electron chi connectivity index (χ1n) is 10.9. The van der Waals surface area contributed by atoms with Crippen LogP contribution in [-0.4, -0.2) is 41.7 Å². The lowest BCUT2D eigenvalue weighted by Crippen LogP contribution is -2.36. The number of ketones is 1. The zero-order valence-corrected chi connectivity index (χ0v) is 18.5. The van der Waals surface area contributed by atoms with Crippen LogP contribution in [0.4, 0.5) is 5.82 Å². The lowest BCUT2D eigenvalue weighted by atomic mass is 9.96. The number of nitrogens with one attached hydrogen (secondary N) is 1. The van der Waals surface area contributed by atoms with Gasteiger partial charge in [0.2, 0.25) is 5.91 Å². The number of hydrogen-bond donors (Lipinski definition) is 1. The molecule has 1 saturated carbocycles. The highest BCUT2D eigenvalue weighted by Gasteiger charge is 2.25. The molecule has 1 aliphatic carbocycles. The van der Waals surface area contributed by atoms with E-state index in [0.717, 1.165) is 31.5 Å². The zero-order valence-electron chi connectivity index (χ0n) is 17.8. The number of carbonyl (C=O) groups is 2. The molecule has 1 aromatic heterocycles. The predicted molar refractivity (Wildman–Crippen MR) is 121 cm³/mol. The van der Waals surface area contributed by atoms with Crippen molar-refractivity contribution in [3.05, 3.63) is 47.1 Å². The summed E-state index contributed by atoms with van der Waals surface area (Å²) >= 11 is 6.38. The van der Waals surface area contributed by atoms with Crippen molar-refractivity contribution in [2.45, 2.75) is 38.5 Å². The van der Waals surface area contributed by atoms with E-state index in [-0.39, 0.29) is 17.6 Å². The Bertz CT molecular complexity index is 953. The van der Waals surface area contributed by atoms with Gasteiger partial charge >= 0.3 is 0 Å². The van der Waals surface area contributed by atoms with Gasteiger partial charge in [0.05, 0.1) is 0 Å². The quantitative estimate of drug-likeness (QED) is 0.641. The zero-order chi connectivity index (χ0) is 21.8. The van der Waals surface area contributed by atoms with Crippen molar-refractivity contribution < 1.29 is 14.3 Å². The molecule has 0 bridgehead atoms. The van der Waals surface area contributed by atoms with E-state index in [4.69, 9.17) is 16.3 Å². The summed E-state index contributed by atoms with van der Waals surface area (Å²) < 4.78 is 5.91. The number of pyridine rings is 1. The molecule has 31 heavy (non-hydrogen) atoms. The number of piperidine rings is 1. The highest BCUT2D eigenvalue weighted by molar-refractivity contribution is 6.31. The monoisotopic (exact) mass is 441 g/mol. The Kier molecular flexibility index (Phi) is 6.88. The maximum Gasteiger partial charge on any atom is 0.228 e. The first-order chi connectivity index (χ1) is 15.0. The second kappa shape index (κ2) is 9.79. The second-order valence-electron chi connectivity index (χ2n) is 8.66. The van der Waals surface area contributed by atoms with Crippen LogP contribution in [0.15, 0.2) is 36.5 Å². The van der Waals surface area contributed by atoms with E-state index >= 15 is 0 Å². The number of carbonyl (C=O) groups excluding carboxylic acids is 2. The summed E-state index contributed by atoms with van der Waals surface area (Å²) in [6, 6.07) is 8.80. The maximum atomic E-state index is 12.5. The predicted octanol–water partition coefficient (Wildman–Crippen LogP) is 4.72. The van der Waals surface area contributed by atoms with E-state index in [9.17, 15) is 9.59 Å². The van der Waals surface area contributed by atoms with E-state index < -0.39 is 0 Å². The molecule has 6 nitrogen and oxygen atoms in total. The van der Waals surface area contributed by atoms with Crippen molar-refractivity contribution in [1.29, 1.82) is 0 Å². The van der Waals surface area contributed by atoms with Crippen LogP contribution in [0.2, 0.25) is 5.02 Å². The Morgan fingerprint density at radius 1 is 1.13 bits per heavy atom. The summed E-state index contributed by atoms with van der Waals surface area (Å²) in [5, 5.41) is 3.42. The van der Waals surface area contributed by atoms with E-state index in [1.807, 2.05) is 12.1 Å². The number of nitrogens with zero attached hydrogens (tertiary/aromatic N) is 2. The van der Waals surface area contributed by atoms with Crippen molar-refractivity contribution in [2.75, 3.05) is 25.5 Å². The summed E-state index contributed by atoms with van der Waals surface area (Å²) in [7, 11) is 2.07. The number of Topliss-reactive ketones (excluding diaryl/α,β-unsaturated/α-hetero) is 1. The van der Waals surface area contributed by atoms with Gasteiger partial charge in [0, 0.05) is 36.0 Å². The fraction of sp³-hybridized carbons (Fsp3) is 0.458. The number of aromatic nitrogens is 1. The summed E-state index contributed by atoms with van der Waals surface area (Å²) in [6.07, 6.45) is 6.65. The summed E-state index contributed by atoms with van der Waals surface area (Å²) in [5.41, 5.74) is 0.820. The highest BCUT2D eigenvalue weighted by Crippen LogP contribution is 2.34. The minimum absolute atomic E-state index is 0.000937. The summed E-state index contributed by atoms with van der Waals surface area (Å²) in [6.45, 7) is 1.86. The molecule has 0 atom stereocenters. The molecule has 0 spiro atoms. The Labute approximate surface area is 187 Å². The molecule has 164 valence electrons. The molecule has 1 aromatic carbocycles. The Morgan fingerprint density at radius 3 is 2.58 bits per heavy atom. The normalized spacial score (nSPS) is 17.4. The molecule has 0 radical (unpaired) electrons. The van der Waals surface area contributed by atoms with Crippen molar-refractivity contribution in [3.8, 4) is 11.5 Å². The van der Waals surface area contributed by atoms with Crippen LogP contribution in [0.1, 0.15) is 37.7 Å². The highest BCUT2D eigenvalue weighted by atomic mass is 35.5. The van der Waals surface area contributed by atoms with Crippen LogP contribution >= 0.6 is 11.6 Å². The van der Waals surface area contributed by atoms with Crippen LogP contribution in [0, 0.1) is 11.8 Å². The number of likely N-dealkylation sites (tertiary alicyclic amines) is 1. The van der Waals surface area contributed by atoms with E-state index in [1.54, 1.807) is 24.4 Å². The Balaban J connectivity index is 1.35. The number of rotatable bonds is 8. The second-order valence-corrected chi connectivity index (χ2v) is 9.07. The summed E-state index contributed by atoms with van der Waals surface area (Å²) in [4.78, 5) is 31.1. The molecule has 1 amide bonds. The van der Waals surface area contributed by atoms with E-state index in [1.165, 1.54) is 12.8 Å². The number of ether oxygens (including phenoxy) is 1. The fourth-order valence-electron chi connectivity index (χ4n) is 3.84. The third kappa shape index (κ3) is 6.28. The minimum Gasteiger partial charge on any atom is -0.457 e. The molecule has 1 N–H and O–H groups in total. The van der Waals surface area contributed by atoms with Crippen molar-refractivity contribution in [3.63, 3.8) is 0 Å². The third-order valence-corrected chi connectivity index (χ3v) is 6.28. The van der Waals surface area contributed by atoms with Crippen molar-refractivity contribution in [1.82, 2.24) is 9.88 Å². The Hall–Kier alpha value is -2.44. The first-order valence-corrected chi connectivity index (χ1v) is 11.3. The average Bonchev–Trinajstić information content (AvgIpc) is 3.55. The van der Waals surface area contributed by atoms with Gasteiger partial charge in [-0.25, -0.2) is 4.98 Å². The molecule has 1 saturated heterocycles. The number of anilines is 1. The number of benzene rings is 1. The molecule has 2 fully saturated rings. The first kappa shape index (κ1) is 21.8. The third-order valence-electron chi connectivity index (χ3n) is 5.93. The van der Waals surface area contributed by atoms with Gasteiger partial charge in [0.25, 0.3) is 0 Å². The van der Waals surface area contributed by atoms with Gasteiger partial charge in [-0.2, -0.15) is 0 Å². The molecule has 7 heteroatoms. The SMILES string of the molecule is CN1CCC(C(=O)Nc2cc(Oc3ccc(CC(=O)CC4CC4)c(Cl)c3)ccn2)CC1. The standard InChI is InChI=1S/C24H28ClN3O3/c1-28-10-7-17(8-11-28)24(30)27-23-15-21(6-9-26-23)31-20-5-4-18(22(25)14-20)13-19(29)12-16-2-3-16/h4-6,9,14-17H,2-3,7-8,10-13H2,1H3,(H,26,27,30). The molecule has 2 aliphatic rings. The van der Waals surface area contributed by atoms with Crippen LogP contribution in [-0.2, 0) is 16.0 Å². The molecular formula is C24H28ClN3O3. The number of amides is 1. The van der Waals surface area contributed by atoms with E-state index in [2.05, 4.69) is 22.2 Å². The molecule has 4 rings (SSSR count). The van der Waals surface area contributed by atoms with Crippen molar-refractivity contribution in [2.24, 2.45) is 11.8 Å². The average molecular weight is 442 g/mol. The Morgan fingerprint density at radius 2 is 1.87 bits per heavy atom. The molecule has 0 unspecified atom stereocenters. The summed E-state index contributed by atoms with van der Waals surface area (Å²) in [5.74, 6) is 2.42. The number of halogens is 1. The van der Waals surface area contributed by atoms with Gasteiger partial charge in [-0.05, 0) is 75.5 Å². The smallest absolute Gasteiger partial charge is 0.228 e. The largest absolute Gasteiger partial charge is 0.457 e. The lowest BCUT2D eigenvalue weighted by Gasteiger charge is -2.27. The van der Waals surface area contributed by atoms with E-state index in [0.29, 0.717) is 41.1 Å². The van der Waals surface area contributed by atoms with Gasteiger partial charge in [-0.15, -0.1) is 0 Å². The van der Waals surface area contributed by atoms with Gasteiger partial charge < -0.3 is 15.0 Å². The van der Waals surface area contributed by atoms with Crippen molar-refractivity contribution >= 4 is 29.1 Å². The fourth-order valence-corrected chi connectivity index (χ4v) is 4.08. The van der Waals surface area contributed by atoms with Gasteiger partial charge in [-0.3, -0.25) is 9.59 Å². The van der Waals surface area contributed by atoms with Gasteiger partial charge in [0.1, 0.15) is 23.1 Å². The van der Waals surface area contributed by atoms with Gasteiger partial charge in [-0.1, -0.05) is 17.7 Å². The topological polar surface area (TPSA) is 71.5 Å². The lowest BCUT2D eigenvalue weighted by molar-refractivity contribution is -0.121. The van der Waals surface area contributed by atoms with Crippen LogP contribution in [0.5, 0.6) is 11.5 Å². The molecule has 1 aliphatic heterocycles. The van der Waals surface area contributed by atoms with Crippen LogP contribution in [0.25, 0.3) is 0 Å². The molecular weight excluding hydrogens is 414 g/mol. The van der Waals surface area contributed by atoms with Gasteiger partial charge in [0.15, 0.2) is 0 Å². The number of hydrogen-bond acceptors (Lipinski definition) is 5. The van der Waals surface area contributed by atoms with Crippen LogP contribution in [0.3, 0.4) is 0 Å². The molecule has 2 aromatic rings. The molecule has 2 heterocycles. The minimum atomic E-state index is 0.000937. The maximum absolute atomic E-state index is 12.5. The van der Waals surface area contributed by atoms with Crippen LogP contribution < -0.4 is 10.1 Å².